The van der Waals surface area contributed by atoms with Crippen molar-refractivity contribution >= 4 is 34.6 Å². The Hall–Kier alpha value is -3.00. The van der Waals surface area contributed by atoms with Crippen LogP contribution in [0, 0.1) is 19.3 Å². The van der Waals surface area contributed by atoms with Crippen LogP contribution in [0.3, 0.4) is 0 Å². The Labute approximate surface area is 151 Å². The molecule has 0 saturated carbocycles. The van der Waals surface area contributed by atoms with Crippen molar-refractivity contribution in [3.8, 4) is 0 Å². The summed E-state index contributed by atoms with van der Waals surface area (Å²) in [5, 5.41) is 32.1. The number of hydrogen-bond acceptors (Lipinski definition) is 7. The van der Waals surface area contributed by atoms with Gasteiger partial charge in [-0.3, -0.25) is 5.10 Å². The third kappa shape index (κ3) is 3.65. The number of rotatable bonds is 6. The lowest BCUT2D eigenvalue weighted by Gasteiger charge is -2.20. The van der Waals surface area contributed by atoms with E-state index >= 15 is 0 Å². The van der Waals surface area contributed by atoms with Crippen molar-refractivity contribution in [2.45, 2.75) is 33.3 Å². The first kappa shape index (κ1) is 17.8. The Morgan fingerprint density at radius 1 is 1.23 bits per heavy atom. The molecule has 0 spiro atoms. The minimum absolute atomic E-state index is 0.366. The second kappa shape index (κ2) is 6.72. The molecule has 0 aliphatic carbocycles. The van der Waals surface area contributed by atoms with Crippen LogP contribution in [0.1, 0.15) is 30.8 Å². The fourth-order valence-corrected chi connectivity index (χ4v) is 2.74. The quantitative estimate of drug-likeness (QED) is 0.434. The van der Waals surface area contributed by atoms with Crippen LogP contribution in [0.2, 0.25) is 0 Å². The van der Waals surface area contributed by atoms with Crippen molar-refractivity contribution in [2.75, 3.05) is 17.2 Å². The van der Waals surface area contributed by atoms with Crippen LogP contribution in [0.25, 0.3) is 11.0 Å². The summed E-state index contributed by atoms with van der Waals surface area (Å²) >= 11 is 0. The van der Waals surface area contributed by atoms with E-state index in [-0.39, 0.29) is 0 Å². The van der Waals surface area contributed by atoms with E-state index in [1.54, 1.807) is 13.8 Å². The van der Waals surface area contributed by atoms with Gasteiger partial charge in [0.15, 0.2) is 5.65 Å². The highest BCUT2D eigenvalue weighted by Gasteiger charge is 2.15. The number of hydrogen-bond donors (Lipinski definition) is 5. The lowest BCUT2D eigenvalue weighted by atomic mass is 10.1. The average molecular weight is 353 g/mol. The summed E-state index contributed by atoms with van der Waals surface area (Å²) in [5.74, 6) is 0.421. The number of nitrogens with one attached hydrogen (secondary N) is 4. The molecule has 5 N–H and O–H groups in total. The molecule has 136 valence electrons. The lowest BCUT2D eigenvalue weighted by molar-refractivity contribution is 0.0945. The summed E-state index contributed by atoms with van der Waals surface area (Å²) in [6, 6.07) is 5.59. The van der Waals surface area contributed by atoms with Crippen LogP contribution in [-0.2, 0) is 0 Å². The molecule has 0 amide bonds. The average Bonchev–Trinajstić information content (AvgIpc) is 2.94. The van der Waals surface area contributed by atoms with Crippen molar-refractivity contribution < 1.29 is 5.11 Å². The van der Waals surface area contributed by atoms with Crippen LogP contribution < -0.4 is 10.6 Å². The van der Waals surface area contributed by atoms with Gasteiger partial charge in [-0.2, -0.15) is 10.1 Å². The molecule has 0 radical (unpaired) electrons. The van der Waals surface area contributed by atoms with E-state index in [4.69, 9.17) is 5.41 Å². The van der Waals surface area contributed by atoms with E-state index in [2.05, 4.69) is 30.8 Å². The van der Waals surface area contributed by atoms with Gasteiger partial charge in [-0.1, -0.05) is 6.07 Å². The Kier molecular flexibility index (Phi) is 4.60. The van der Waals surface area contributed by atoms with Crippen molar-refractivity contribution in [1.29, 1.82) is 5.41 Å². The summed E-state index contributed by atoms with van der Waals surface area (Å²) in [5.41, 5.74) is 3.62. The van der Waals surface area contributed by atoms with E-state index in [0.717, 1.165) is 22.5 Å². The predicted molar refractivity (Wildman–Crippen MR) is 104 cm³/mol. The third-order valence-corrected chi connectivity index (χ3v) is 3.98. The number of aliphatic hydroxyl groups is 1. The van der Waals surface area contributed by atoms with Crippen molar-refractivity contribution in [3.63, 3.8) is 0 Å². The minimum Gasteiger partial charge on any atom is -0.389 e. The molecule has 0 aliphatic rings. The molecule has 3 aromatic rings. The van der Waals surface area contributed by atoms with Gasteiger partial charge in [0.2, 0.25) is 5.95 Å². The Morgan fingerprint density at radius 2 is 1.96 bits per heavy atom. The topological polar surface area (TPSA) is 123 Å². The highest BCUT2D eigenvalue weighted by atomic mass is 16.3. The summed E-state index contributed by atoms with van der Waals surface area (Å²) in [6.45, 7) is 7.67. The van der Waals surface area contributed by atoms with E-state index in [9.17, 15) is 5.11 Å². The fraction of sp³-hybridized carbons (Fsp3) is 0.333. The van der Waals surface area contributed by atoms with Gasteiger partial charge in [-0.05, 0) is 39.8 Å². The van der Waals surface area contributed by atoms with Gasteiger partial charge in [-0.25, -0.2) is 4.98 Å². The Bertz CT molecular complexity index is 956. The van der Waals surface area contributed by atoms with Gasteiger partial charge in [0, 0.05) is 29.7 Å². The molecule has 0 unspecified atom stereocenters. The van der Waals surface area contributed by atoms with Gasteiger partial charge in [0.05, 0.1) is 22.4 Å². The third-order valence-electron chi connectivity index (χ3n) is 3.98. The Balaban J connectivity index is 1.93. The summed E-state index contributed by atoms with van der Waals surface area (Å²) < 4.78 is 0. The molecule has 1 aromatic carbocycles. The van der Waals surface area contributed by atoms with Gasteiger partial charge < -0.3 is 21.1 Å². The van der Waals surface area contributed by atoms with Crippen LogP contribution in [0.5, 0.6) is 0 Å². The van der Waals surface area contributed by atoms with Crippen LogP contribution in [0.15, 0.2) is 18.2 Å². The van der Waals surface area contributed by atoms with Crippen LogP contribution >= 0.6 is 0 Å². The highest BCUT2D eigenvalue weighted by Crippen LogP contribution is 2.26. The summed E-state index contributed by atoms with van der Waals surface area (Å²) in [7, 11) is 0. The lowest BCUT2D eigenvalue weighted by Crippen LogP contribution is -2.29. The molecule has 8 nitrogen and oxygen atoms in total. The van der Waals surface area contributed by atoms with E-state index in [0.29, 0.717) is 29.4 Å². The monoisotopic (exact) mass is 353 g/mol. The SMILES string of the molecule is Cc1nc(Nc2cccc(NCC(C)(C)O)c2C=N)nc2n[nH]c(C)c12. The van der Waals surface area contributed by atoms with E-state index in [1.165, 1.54) is 6.21 Å². The zero-order valence-corrected chi connectivity index (χ0v) is 15.3. The zero-order valence-electron chi connectivity index (χ0n) is 15.3. The molecule has 26 heavy (non-hydrogen) atoms. The molecule has 0 atom stereocenters. The molecule has 0 bridgehead atoms. The fourth-order valence-electron chi connectivity index (χ4n) is 2.74. The maximum absolute atomic E-state index is 9.92. The first-order valence-electron chi connectivity index (χ1n) is 8.34. The molecular weight excluding hydrogens is 330 g/mol. The summed E-state index contributed by atoms with van der Waals surface area (Å²) in [4.78, 5) is 8.94. The first-order chi connectivity index (χ1) is 12.3. The van der Waals surface area contributed by atoms with Gasteiger partial charge >= 0.3 is 0 Å². The number of aromatic nitrogens is 4. The standard InChI is InChI=1S/C18H23N7O/c1-10-15-11(2)24-25-16(15)23-17(21-10)22-14-7-5-6-13(12(14)8-19)20-9-18(3,4)26/h5-8,19-20,26H,9H2,1-4H3,(H2,21,22,23,24,25). The molecular formula is C18H23N7O. The molecule has 2 heterocycles. The maximum Gasteiger partial charge on any atom is 0.229 e. The number of H-pyrrole nitrogens is 1. The van der Waals surface area contributed by atoms with Gasteiger partial charge in [0.25, 0.3) is 0 Å². The number of nitrogens with zero attached hydrogens (tertiary/aromatic N) is 3. The van der Waals surface area contributed by atoms with Gasteiger partial charge in [-0.15, -0.1) is 0 Å². The number of aromatic amines is 1. The highest BCUT2D eigenvalue weighted by molar-refractivity contribution is 5.94. The minimum atomic E-state index is -0.855. The van der Waals surface area contributed by atoms with Crippen molar-refractivity contribution in [2.24, 2.45) is 0 Å². The van der Waals surface area contributed by atoms with Gasteiger partial charge in [0.1, 0.15) is 0 Å². The molecule has 0 fully saturated rings. The largest absolute Gasteiger partial charge is 0.389 e. The number of fused-ring (bicyclic) bond motifs is 1. The van der Waals surface area contributed by atoms with E-state index < -0.39 is 5.60 Å². The molecule has 0 saturated heterocycles. The second-order valence-electron chi connectivity index (χ2n) is 6.88. The van der Waals surface area contributed by atoms with Crippen molar-refractivity contribution in [3.05, 3.63) is 35.2 Å². The molecule has 0 aliphatic heterocycles. The smallest absolute Gasteiger partial charge is 0.229 e. The maximum atomic E-state index is 9.92. The Morgan fingerprint density at radius 3 is 2.65 bits per heavy atom. The molecule has 3 rings (SSSR count). The summed E-state index contributed by atoms with van der Waals surface area (Å²) in [6.07, 6.45) is 1.26. The second-order valence-corrected chi connectivity index (χ2v) is 6.88. The normalized spacial score (nSPS) is 11.6. The number of aryl methyl sites for hydroxylation is 2. The van der Waals surface area contributed by atoms with Crippen LogP contribution in [-0.4, -0.2) is 43.6 Å². The first-order valence-corrected chi connectivity index (χ1v) is 8.34. The molecule has 2 aromatic heterocycles. The number of benzene rings is 1. The predicted octanol–water partition coefficient (Wildman–Crippen LogP) is 2.89. The molecule has 8 heteroatoms. The van der Waals surface area contributed by atoms with Crippen molar-refractivity contribution in [1.82, 2.24) is 20.2 Å². The van der Waals surface area contributed by atoms with Crippen LogP contribution in [0.4, 0.5) is 17.3 Å². The number of anilines is 3. The van der Waals surface area contributed by atoms with E-state index in [1.807, 2.05) is 32.0 Å². The zero-order chi connectivity index (χ0) is 18.9.